The molecule has 0 bridgehead atoms. The molecule has 0 heterocycles. The first-order chi connectivity index (χ1) is 11.9. The summed E-state index contributed by atoms with van der Waals surface area (Å²) in [6.45, 7) is 3.86. The van der Waals surface area contributed by atoms with E-state index in [9.17, 15) is 13.2 Å². The van der Waals surface area contributed by atoms with Crippen molar-refractivity contribution in [3.05, 3.63) is 65.2 Å². The Labute approximate surface area is 148 Å². The van der Waals surface area contributed by atoms with Gasteiger partial charge in [0.15, 0.2) is 0 Å². The first-order valence-corrected chi connectivity index (χ1v) is 9.47. The number of sulfonamides is 1. The summed E-state index contributed by atoms with van der Waals surface area (Å²) >= 11 is 0. The Bertz CT molecular complexity index is 885. The smallest absolute Gasteiger partial charge is 0.261 e. The van der Waals surface area contributed by atoms with E-state index in [1.54, 1.807) is 25.3 Å². The van der Waals surface area contributed by atoms with Crippen molar-refractivity contribution in [2.45, 2.75) is 25.2 Å². The number of rotatable bonds is 6. The van der Waals surface area contributed by atoms with Gasteiger partial charge < -0.3 is 5.32 Å². The van der Waals surface area contributed by atoms with Crippen molar-refractivity contribution in [3.63, 3.8) is 0 Å². The van der Waals surface area contributed by atoms with E-state index in [1.165, 1.54) is 18.2 Å². The molecule has 0 saturated carbocycles. The number of carbonyl (C=O) groups is 1. The number of hydrogen-bond acceptors (Lipinski definition) is 3. The summed E-state index contributed by atoms with van der Waals surface area (Å²) in [6, 6.07) is 12.1. The number of likely N-dealkylation sites (N-methyl/N-ethyl adjacent to an activating group) is 1. The predicted molar refractivity (Wildman–Crippen MR) is 101 cm³/mol. The maximum Gasteiger partial charge on any atom is 0.261 e. The topological polar surface area (TPSA) is 75.3 Å². The maximum atomic E-state index is 12.7. The van der Waals surface area contributed by atoms with Crippen LogP contribution in [0.3, 0.4) is 0 Å². The molecule has 0 radical (unpaired) electrons. The summed E-state index contributed by atoms with van der Waals surface area (Å²) < 4.78 is 28.0. The zero-order valence-corrected chi connectivity index (χ0v) is 15.4. The third-order valence-electron chi connectivity index (χ3n) is 3.84. The van der Waals surface area contributed by atoms with Crippen molar-refractivity contribution in [2.24, 2.45) is 0 Å². The molecule has 2 aromatic rings. The predicted octanol–water partition coefficient (Wildman–Crippen LogP) is 3.12. The molecule has 0 unspecified atom stereocenters. The van der Waals surface area contributed by atoms with Gasteiger partial charge in [-0.25, -0.2) is 8.42 Å². The van der Waals surface area contributed by atoms with Crippen molar-refractivity contribution < 1.29 is 13.2 Å². The van der Waals surface area contributed by atoms with Crippen LogP contribution in [0.15, 0.2) is 53.4 Å². The van der Waals surface area contributed by atoms with Gasteiger partial charge in [-0.2, -0.15) is 0 Å². The minimum atomic E-state index is -3.67. The van der Waals surface area contributed by atoms with Crippen LogP contribution in [0.5, 0.6) is 0 Å². The highest BCUT2D eigenvalue weighted by Crippen LogP contribution is 2.24. The summed E-state index contributed by atoms with van der Waals surface area (Å²) in [6.07, 6.45) is 3.75. The highest BCUT2D eigenvalue weighted by Gasteiger charge is 2.16. The fourth-order valence-electron chi connectivity index (χ4n) is 2.38. The van der Waals surface area contributed by atoms with Gasteiger partial charge in [0, 0.05) is 13.1 Å². The monoisotopic (exact) mass is 358 g/mol. The van der Waals surface area contributed by atoms with Crippen molar-refractivity contribution in [1.29, 1.82) is 0 Å². The van der Waals surface area contributed by atoms with E-state index in [2.05, 4.69) is 10.0 Å². The van der Waals surface area contributed by atoms with E-state index in [0.717, 1.165) is 23.1 Å². The Hall–Kier alpha value is -2.60. The van der Waals surface area contributed by atoms with Gasteiger partial charge in [0.2, 0.25) is 5.91 Å². The number of aryl methyl sites for hydroxylation is 2. The molecule has 25 heavy (non-hydrogen) atoms. The van der Waals surface area contributed by atoms with E-state index in [0.29, 0.717) is 5.69 Å². The summed E-state index contributed by atoms with van der Waals surface area (Å²) in [7, 11) is -2.13. The van der Waals surface area contributed by atoms with E-state index in [1.807, 2.05) is 32.0 Å². The molecule has 132 valence electrons. The number of hydrogen-bond donors (Lipinski definition) is 2. The second kappa shape index (κ2) is 7.98. The number of amides is 1. The zero-order chi connectivity index (χ0) is 18.4. The van der Waals surface area contributed by atoms with E-state index < -0.39 is 10.0 Å². The summed E-state index contributed by atoms with van der Waals surface area (Å²) in [5.74, 6) is -0.218. The Morgan fingerprint density at radius 2 is 1.80 bits per heavy atom. The quantitative estimate of drug-likeness (QED) is 0.779. The lowest BCUT2D eigenvalue weighted by molar-refractivity contribution is -0.115. The first-order valence-electron chi connectivity index (χ1n) is 7.98. The molecule has 0 aliphatic rings. The van der Waals surface area contributed by atoms with E-state index in [4.69, 9.17) is 0 Å². The summed E-state index contributed by atoms with van der Waals surface area (Å²) in [4.78, 5) is 11.4. The molecular formula is C19H22N2O3S. The van der Waals surface area contributed by atoms with E-state index in [-0.39, 0.29) is 10.8 Å². The molecule has 6 heteroatoms. The molecule has 5 nitrogen and oxygen atoms in total. The number of anilines is 1. The second-order valence-corrected chi connectivity index (χ2v) is 7.27. The van der Waals surface area contributed by atoms with Crippen LogP contribution in [0.4, 0.5) is 5.69 Å². The molecule has 0 aliphatic carbocycles. The van der Waals surface area contributed by atoms with Crippen LogP contribution in [-0.4, -0.2) is 21.4 Å². The van der Waals surface area contributed by atoms with Crippen LogP contribution in [0, 0.1) is 6.92 Å². The van der Waals surface area contributed by atoms with Crippen molar-refractivity contribution in [1.82, 2.24) is 5.32 Å². The van der Waals surface area contributed by atoms with Crippen LogP contribution >= 0.6 is 0 Å². The van der Waals surface area contributed by atoms with Gasteiger partial charge in [-0.15, -0.1) is 0 Å². The molecule has 2 N–H and O–H groups in total. The van der Waals surface area contributed by atoms with Crippen LogP contribution in [0.1, 0.15) is 23.6 Å². The van der Waals surface area contributed by atoms with E-state index >= 15 is 0 Å². The number of para-hydroxylation sites is 1. The normalized spacial score (nSPS) is 11.5. The Balaban J connectivity index is 2.26. The third kappa shape index (κ3) is 4.70. The van der Waals surface area contributed by atoms with Crippen LogP contribution < -0.4 is 10.0 Å². The Morgan fingerprint density at radius 3 is 2.40 bits per heavy atom. The standard InChI is InChI=1S/C19H22N2O3S/c1-4-16-7-5-6-14(2)19(16)21-25(23,24)17-11-8-15(9-12-17)10-13-18(22)20-3/h5-13,21H,4H2,1-3H3,(H,20,22)/b13-10+. The second-order valence-electron chi connectivity index (χ2n) is 5.58. The van der Waals surface area contributed by atoms with Gasteiger partial charge in [-0.05, 0) is 48.2 Å². The number of carbonyl (C=O) groups excluding carboxylic acids is 1. The lowest BCUT2D eigenvalue weighted by Crippen LogP contribution is -2.15. The molecule has 2 rings (SSSR count). The number of benzene rings is 2. The summed E-state index contributed by atoms with van der Waals surface area (Å²) in [5.41, 5.74) is 3.21. The lowest BCUT2D eigenvalue weighted by atomic mass is 10.1. The molecule has 0 fully saturated rings. The fraction of sp³-hybridized carbons (Fsp3) is 0.211. The average Bonchev–Trinajstić information content (AvgIpc) is 2.61. The number of nitrogens with one attached hydrogen (secondary N) is 2. The highest BCUT2D eigenvalue weighted by molar-refractivity contribution is 7.92. The van der Waals surface area contributed by atoms with Gasteiger partial charge in [-0.1, -0.05) is 37.3 Å². The van der Waals surface area contributed by atoms with Crippen LogP contribution in [-0.2, 0) is 21.2 Å². The maximum absolute atomic E-state index is 12.7. The SMILES string of the molecule is CCc1cccc(C)c1NS(=O)(=O)c1ccc(/C=C/C(=O)NC)cc1. The van der Waals surface area contributed by atoms with Crippen LogP contribution in [0.25, 0.3) is 6.08 Å². The molecule has 0 saturated heterocycles. The van der Waals surface area contributed by atoms with Gasteiger partial charge >= 0.3 is 0 Å². The van der Waals surface area contributed by atoms with Gasteiger partial charge in [0.05, 0.1) is 10.6 Å². The molecule has 0 atom stereocenters. The largest absolute Gasteiger partial charge is 0.356 e. The molecular weight excluding hydrogens is 336 g/mol. The molecule has 1 amide bonds. The van der Waals surface area contributed by atoms with Crippen molar-refractivity contribution in [2.75, 3.05) is 11.8 Å². The zero-order valence-electron chi connectivity index (χ0n) is 14.5. The minimum absolute atomic E-state index is 0.176. The molecule has 0 spiro atoms. The van der Waals surface area contributed by atoms with Gasteiger partial charge in [-0.3, -0.25) is 9.52 Å². The molecule has 0 aliphatic heterocycles. The fourth-order valence-corrected chi connectivity index (χ4v) is 3.55. The molecule has 2 aromatic carbocycles. The lowest BCUT2D eigenvalue weighted by Gasteiger charge is -2.14. The highest BCUT2D eigenvalue weighted by atomic mass is 32.2. The van der Waals surface area contributed by atoms with Crippen LogP contribution in [0.2, 0.25) is 0 Å². The van der Waals surface area contributed by atoms with Gasteiger partial charge in [0.1, 0.15) is 0 Å². The Morgan fingerprint density at radius 1 is 1.12 bits per heavy atom. The molecule has 0 aromatic heterocycles. The average molecular weight is 358 g/mol. The Kier molecular flexibility index (Phi) is 5.98. The summed E-state index contributed by atoms with van der Waals surface area (Å²) in [5, 5.41) is 2.48. The minimum Gasteiger partial charge on any atom is -0.356 e. The first kappa shape index (κ1) is 18.7. The third-order valence-corrected chi connectivity index (χ3v) is 5.21. The van der Waals surface area contributed by atoms with Crippen molar-refractivity contribution >= 4 is 27.7 Å². The van der Waals surface area contributed by atoms with Gasteiger partial charge in [0.25, 0.3) is 10.0 Å². The van der Waals surface area contributed by atoms with Crippen molar-refractivity contribution in [3.8, 4) is 0 Å².